The Morgan fingerprint density at radius 3 is 2.04 bits per heavy atom. The number of nitrogens with zero attached hydrogens (tertiary/aromatic N) is 1. The van der Waals surface area contributed by atoms with Crippen molar-refractivity contribution in [3.05, 3.63) is 0 Å². The number of piperidine rings is 1. The monoisotopic (exact) mass is 342 g/mol. The smallest absolute Gasteiger partial charge is 0.254 e. The molecule has 6 heteroatoms. The minimum Gasteiger partial charge on any atom is -0.394 e. The van der Waals surface area contributed by atoms with E-state index in [0.29, 0.717) is 19.4 Å². The predicted molar refractivity (Wildman–Crippen MR) is 92.4 cm³/mol. The highest BCUT2D eigenvalue weighted by Crippen LogP contribution is 2.48. The number of ether oxygens (including phenoxy) is 1. The van der Waals surface area contributed by atoms with Crippen LogP contribution in [0.15, 0.2) is 0 Å². The van der Waals surface area contributed by atoms with E-state index in [2.05, 4.69) is 37.9 Å². The third kappa shape index (κ3) is 3.21. The summed E-state index contributed by atoms with van der Waals surface area (Å²) in [6.07, 6.45) is 0.489. The highest BCUT2D eigenvalue weighted by molar-refractivity contribution is 5.87. The van der Waals surface area contributed by atoms with Gasteiger partial charge in [0.2, 0.25) is 0 Å². The van der Waals surface area contributed by atoms with Crippen molar-refractivity contribution < 1.29 is 19.7 Å². The maximum atomic E-state index is 12.6. The summed E-state index contributed by atoms with van der Waals surface area (Å²) in [5.41, 5.74) is -2.11. The van der Waals surface area contributed by atoms with Crippen LogP contribution >= 0.6 is 0 Å². The highest BCUT2D eigenvalue weighted by Gasteiger charge is 2.61. The Bertz CT molecular complexity index is 485. The van der Waals surface area contributed by atoms with Crippen LogP contribution in [0.1, 0.15) is 61.3 Å². The molecule has 2 saturated heterocycles. The van der Waals surface area contributed by atoms with Gasteiger partial charge in [-0.25, -0.2) is 0 Å². The lowest BCUT2D eigenvalue weighted by atomic mass is 9.74. The Hall–Kier alpha value is -0.690. The Kier molecular flexibility index (Phi) is 4.86. The fourth-order valence-corrected chi connectivity index (χ4v) is 4.58. The molecule has 2 unspecified atom stereocenters. The minimum absolute atomic E-state index is 0.0482. The van der Waals surface area contributed by atoms with E-state index in [-0.39, 0.29) is 29.5 Å². The van der Waals surface area contributed by atoms with Crippen molar-refractivity contribution in [1.82, 2.24) is 10.2 Å². The number of β-amino-alcohol motifs (C(OH)–C–C–N with tert-alkyl or cyclic N) is 1. The van der Waals surface area contributed by atoms with E-state index >= 15 is 0 Å². The molecule has 0 radical (unpaired) electrons. The molecular weight excluding hydrogens is 308 g/mol. The third-order valence-electron chi connectivity index (χ3n) is 5.80. The minimum atomic E-state index is -0.820. The molecule has 2 heterocycles. The summed E-state index contributed by atoms with van der Waals surface area (Å²) in [6.45, 7) is 14.4. The molecule has 2 fully saturated rings. The topological polar surface area (TPSA) is 82.0 Å². The summed E-state index contributed by atoms with van der Waals surface area (Å²) in [7, 11) is 0. The zero-order valence-corrected chi connectivity index (χ0v) is 16.1. The Labute approximate surface area is 145 Å². The van der Waals surface area contributed by atoms with Crippen LogP contribution in [0, 0.1) is 5.92 Å². The summed E-state index contributed by atoms with van der Waals surface area (Å²) in [6, 6.07) is 0. The van der Waals surface area contributed by atoms with Crippen LogP contribution in [-0.4, -0.2) is 62.7 Å². The molecule has 1 spiro atoms. The maximum absolute atomic E-state index is 12.6. The van der Waals surface area contributed by atoms with Gasteiger partial charge in [-0.3, -0.25) is 9.69 Å². The number of carbonyl (C=O) groups excluding carboxylic acids is 1. The first-order valence-corrected chi connectivity index (χ1v) is 8.87. The number of aliphatic hydroxyl groups excluding tert-OH is 2. The first-order chi connectivity index (χ1) is 10.8. The van der Waals surface area contributed by atoms with Crippen molar-refractivity contribution in [2.45, 2.75) is 89.8 Å². The van der Waals surface area contributed by atoms with Crippen LogP contribution in [-0.2, 0) is 9.53 Å². The first-order valence-electron chi connectivity index (χ1n) is 8.87. The van der Waals surface area contributed by atoms with Gasteiger partial charge in [-0.2, -0.15) is 0 Å². The van der Waals surface area contributed by atoms with Crippen LogP contribution in [0.3, 0.4) is 0 Å². The number of rotatable bonds is 4. The predicted octanol–water partition coefficient (Wildman–Crippen LogP) is 1.25. The van der Waals surface area contributed by atoms with E-state index in [1.165, 1.54) is 0 Å². The number of nitrogens with one attached hydrogen (secondary N) is 1. The molecule has 3 N–H and O–H groups in total. The summed E-state index contributed by atoms with van der Waals surface area (Å²) < 4.78 is 6.40. The highest BCUT2D eigenvalue weighted by atomic mass is 16.6. The van der Waals surface area contributed by atoms with Crippen LogP contribution in [0.5, 0.6) is 0 Å². The van der Waals surface area contributed by atoms with Gasteiger partial charge in [0.1, 0.15) is 11.3 Å². The molecule has 0 saturated carbocycles. The summed E-state index contributed by atoms with van der Waals surface area (Å²) in [5.74, 6) is 0.0327. The molecule has 2 aliphatic rings. The maximum Gasteiger partial charge on any atom is 0.254 e. The van der Waals surface area contributed by atoms with Gasteiger partial charge in [-0.15, -0.1) is 0 Å². The molecule has 0 aromatic rings. The summed E-state index contributed by atoms with van der Waals surface area (Å²) in [5, 5.41) is 22.3. The summed E-state index contributed by atoms with van der Waals surface area (Å²) in [4.78, 5) is 14.8. The third-order valence-corrected chi connectivity index (χ3v) is 5.80. The number of carbonyl (C=O) groups is 1. The number of hydrogen-bond donors (Lipinski definition) is 3. The molecule has 2 rings (SSSR count). The number of amides is 1. The van der Waals surface area contributed by atoms with E-state index in [1.807, 2.05) is 20.8 Å². The zero-order valence-electron chi connectivity index (χ0n) is 16.1. The molecule has 0 bridgehead atoms. The molecule has 6 nitrogen and oxygen atoms in total. The molecule has 0 aromatic carbocycles. The SMILES string of the molecule is CC(C)C1(C)OC2(CC(C)(C)N(CC(O)CO)C(C)(C)C2)NC1=O. The lowest BCUT2D eigenvalue weighted by Crippen LogP contribution is -2.69. The van der Waals surface area contributed by atoms with Gasteiger partial charge in [-0.05, 0) is 40.5 Å². The van der Waals surface area contributed by atoms with Gasteiger partial charge >= 0.3 is 0 Å². The zero-order chi connectivity index (χ0) is 18.6. The quantitative estimate of drug-likeness (QED) is 0.716. The van der Waals surface area contributed by atoms with Crippen LogP contribution < -0.4 is 5.32 Å². The van der Waals surface area contributed by atoms with Gasteiger partial charge < -0.3 is 20.3 Å². The average Bonchev–Trinajstić information content (AvgIpc) is 2.64. The standard InChI is InChI=1S/C18H34N2O4/c1-12(2)17(7)14(23)19-18(24-17)10-15(3,4)20(8-13(22)9-21)16(5,6)11-18/h12-13,21-22H,8-11H2,1-7H3,(H,19,23). The fraction of sp³-hybridized carbons (Fsp3) is 0.944. The van der Waals surface area contributed by atoms with Crippen molar-refractivity contribution in [2.75, 3.05) is 13.2 Å². The van der Waals surface area contributed by atoms with E-state index < -0.39 is 17.4 Å². The summed E-state index contributed by atoms with van der Waals surface area (Å²) >= 11 is 0. The van der Waals surface area contributed by atoms with Gasteiger partial charge in [0, 0.05) is 30.5 Å². The second-order valence-electron chi connectivity index (χ2n) is 9.24. The Balaban J connectivity index is 2.32. The van der Waals surface area contributed by atoms with Crippen molar-refractivity contribution >= 4 is 5.91 Å². The second-order valence-corrected chi connectivity index (χ2v) is 9.24. The normalized spacial score (nSPS) is 33.0. The van der Waals surface area contributed by atoms with Crippen molar-refractivity contribution in [3.8, 4) is 0 Å². The van der Waals surface area contributed by atoms with E-state index in [4.69, 9.17) is 4.74 Å². The van der Waals surface area contributed by atoms with Gasteiger partial charge in [0.25, 0.3) is 5.91 Å². The van der Waals surface area contributed by atoms with Gasteiger partial charge in [-0.1, -0.05) is 13.8 Å². The fourth-order valence-electron chi connectivity index (χ4n) is 4.58. The molecule has 2 atom stereocenters. The first kappa shape index (κ1) is 19.6. The molecule has 24 heavy (non-hydrogen) atoms. The van der Waals surface area contributed by atoms with E-state index in [1.54, 1.807) is 0 Å². The van der Waals surface area contributed by atoms with Gasteiger partial charge in [0.05, 0.1) is 12.7 Å². The molecule has 0 aliphatic carbocycles. The van der Waals surface area contributed by atoms with Crippen molar-refractivity contribution in [3.63, 3.8) is 0 Å². The second kappa shape index (κ2) is 5.94. The van der Waals surface area contributed by atoms with Crippen LogP contribution in [0.2, 0.25) is 0 Å². The lowest BCUT2D eigenvalue weighted by Gasteiger charge is -2.58. The average molecular weight is 342 g/mol. The largest absolute Gasteiger partial charge is 0.394 e. The Morgan fingerprint density at radius 1 is 1.17 bits per heavy atom. The number of aliphatic hydroxyl groups is 2. The molecule has 0 aromatic heterocycles. The lowest BCUT2D eigenvalue weighted by molar-refractivity contribution is -0.198. The van der Waals surface area contributed by atoms with Crippen LogP contribution in [0.4, 0.5) is 0 Å². The number of likely N-dealkylation sites (tertiary alicyclic amines) is 1. The molecule has 1 amide bonds. The van der Waals surface area contributed by atoms with Gasteiger partial charge in [0.15, 0.2) is 0 Å². The molecule has 140 valence electrons. The van der Waals surface area contributed by atoms with E-state index in [0.717, 1.165) is 0 Å². The van der Waals surface area contributed by atoms with E-state index in [9.17, 15) is 15.0 Å². The van der Waals surface area contributed by atoms with Crippen molar-refractivity contribution in [2.24, 2.45) is 5.92 Å². The Morgan fingerprint density at radius 2 is 1.67 bits per heavy atom. The molecular formula is C18H34N2O4. The number of hydrogen-bond acceptors (Lipinski definition) is 5. The van der Waals surface area contributed by atoms with Crippen LogP contribution in [0.25, 0.3) is 0 Å². The molecule has 2 aliphatic heterocycles. The van der Waals surface area contributed by atoms with Crippen molar-refractivity contribution in [1.29, 1.82) is 0 Å².